The monoisotopic (exact) mass is 225 g/mol. The summed E-state index contributed by atoms with van der Waals surface area (Å²) in [7, 11) is 0. The number of hydrogen-bond acceptors (Lipinski definition) is 4. The number of amides is 1. The fraction of sp³-hybridized carbons (Fsp3) is 0.818. The van der Waals surface area contributed by atoms with Gasteiger partial charge in [-0.2, -0.15) is 5.26 Å². The predicted molar refractivity (Wildman–Crippen MR) is 59.7 cm³/mol. The van der Waals surface area contributed by atoms with E-state index in [2.05, 4.69) is 16.7 Å². The molecular weight excluding hydrogens is 206 g/mol. The Hall–Kier alpha value is -1.28. The molecule has 1 fully saturated rings. The number of nitriles is 1. The van der Waals surface area contributed by atoms with E-state index in [0.717, 1.165) is 6.54 Å². The van der Waals surface area contributed by atoms with Crippen molar-refractivity contribution in [1.82, 2.24) is 10.6 Å². The Balaban J connectivity index is 2.30. The molecule has 0 aromatic rings. The molecule has 5 heteroatoms. The first-order valence-corrected chi connectivity index (χ1v) is 5.49. The molecule has 1 aliphatic heterocycles. The average molecular weight is 225 g/mol. The Labute approximate surface area is 96.2 Å². The SMILES string of the molecule is CC(C)(C)OC(=O)NC[C@@H]1CNC[C@@H]1C#N. The van der Waals surface area contributed by atoms with Gasteiger partial charge in [0.15, 0.2) is 0 Å². The Morgan fingerprint density at radius 1 is 1.56 bits per heavy atom. The van der Waals surface area contributed by atoms with Crippen molar-refractivity contribution in [2.24, 2.45) is 11.8 Å². The molecule has 2 N–H and O–H groups in total. The maximum atomic E-state index is 11.4. The molecule has 0 unspecified atom stereocenters. The first kappa shape index (κ1) is 12.8. The minimum atomic E-state index is -0.480. The number of rotatable bonds is 2. The van der Waals surface area contributed by atoms with Gasteiger partial charge in [-0.1, -0.05) is 0 Å². The summed E-state index contributed by atoms with van der Waals surface area (Å²) in [5.41, 5.74) is -0.480. The van der Waals surface area contributed by atoms with Gasteiger partial charge in [0, 0.05) is 25.6 Å². The molecule has 2 atom stereocenters. The van der Waals surface area contributed by atoms with Crippen LogP contribution in [0, 0.1) is 23.2 Å². The van der Waals surface area contributed by atoms with E-state index < -0.39 is 11.7 Å². The third-order valence-corrected chi connectivity index (χ3v) is 2.41. The topological polar surface area (TPSA) is 74.2 Å². The van der Waals surface area contributed by atoms with Gasteiger partial charge in [0.2, 0.25) is 0 Å². The molecule has 0 aromatic heterocycles. The summed E-state index contributed by atoms with van der Waals surface area (Å²) in [6.07, 6.45) is -0.420. The lowest BCUT2D eigenvalue weighted by molar-refractivity contribution is 0.0519. The van der Waals surface area contributed by atoms with Crippen molar-refractivity contribution in [3.05, 3.63) is 0 Å². The Morgan fingerprint density at radius 2 is 2.25 bits per heavy atom. The molecule has 1 rings (SSSR count). The molecule has 90 valence electrons. The lowest BCUT2D eigenvalue weighted by Gasteiger charge is -2.21. The minimum absolute atomic E-state index is 0.0186. The zero-order valence-electron chi connectivity index (χ0n) is 10.0. The molecule has 16 heavy (non-hydrogen) atoms. The van der Waals surface area contributed by atoms with Gasteiger partial charge in [-0.3, -0.25) is 0 Å². The smallest absolute Gasteiger partial charge is 0.407 e. The van der Waals surface area contributed by atoms with Crippen LogP contribution in [0.3, 0.4) is 0 Å². The van der Waals surface area contributed by atoms with E-state index >= 15 is 0 Å². The maximum Gasteiger partial charge on any atom is 0.407 e. The summed E-state index contributed by atoms with van der Waals surface area (Å²) in [4.78, 5) is 11.4. The van der Waals surface area contributed by atoms with Crippen molar-refractivity contribution in [3.63, 3.8) is 0 Å². The van der Waals surface area contributed by atoms with Crippen molar-refractivity contribution in [2.45, 2.75) is 26.4 Å². The number of nitrogens with one attached hydrogen (secondary N) is 2. The molecular formula is C11H19N3O2. The summed E-state index contributed by atoms with van der Waals surface area (Å²) < 4.78 is 5.11. The molecule has 1 amide bonds. The van der Waals surface area contributed by atoms with Crippen LogP contribution in [0.15, 0.2) is 0 Å². The second kappa shape index (κ2) is 5.17. The van der Waals surface area contributed by atoms with Crippen LogP contribution >= 0.6 is 0 Å². The highest BCUT2D eigenvalue weighted by molar-refractivity contribution is 5.67. The molecule has 0 aromatic carbocycles. The van der Waals surface area contributed by atoms with Crippen molar-refractivity contribution >= 4 is 6.09 Å². The quantitative estimate of drug-likeness (QED) is 0.731. The van der Waals surface area contributed by atoms with Crippen molar-refractivity contribution < 1.29 is 9.53 Å². The van der Waals surface area contributed by atoms with Gasteiger partial charge in [0.25, 0.3) is 0 Å². The fourth-order valence-corrected chi connectivity index (χ4v) is 1.63. The molecule has 0 bridgehead atoms. The lowest BCUT2D eigenvalue weighted by Crippen LogP contribution is -2.36. The van der Waals surface area contributed by atoms with Gasteiger partial charge in [-0.15, -0.1) is 0 Å². The van der Waals surface area contributed by atoms with Gasteiger partial charge in [-0.05, 0) is 20.8 Å². The average Bonchev–Trinajstić information content (AvgIpc) is 2.59. The Kier molecular flexibility index (Phi) is 4.13. The highest BCUT2D eigenvalue weighted by atomic mass is 16.6. The number of carbonyl (C=O) groups is 1. The molecule has 1 saturated heterocycles. The van der Waals surface area contributed by atoms with Crippen LogP contribution in [0.2, 0.25) is 0 Å². The fourth-order valence-electron chi connectivity index (χ4n) is 1.63. The highest BCUT2D eigenvalue weighted by Gasteiger charge is 2.27. The van der Waals surface area contributed by atoms with E-state index in [1.165, 1.54) is 0 Å². The van der Waals surface area contributed by atoms with Crippen LogP contribution in [0.25, 0.3) is 0 Å². The molecule has 1 heterocycles. The summed E-state index contributed by atoms with van der Waals surface area (Å²) >= 11 is 0. The predicted octanol–water partition coefficient (Wildman–Crippen LogP) is 0.870. The summed E-state index contributed by atoms with van der Waals surface area (Å²) in [5.74, 6) is 0.160. The van der Waals surface area contributed by atoms with Crippen molar-refractivity contribution in [3.8, 4) is 6.07 Å². The van der Waals surface area contributed by atoms with E-state index in [9.17, 15) is 4.79 Å². The Morgan fingerprint density at radius 3 is 2.81 bits per heavy atom. The second-order valence-corrected chi connectivity index (χ2v) is 5.04. The summed E-state index contributed by atoms with van der Waals surface area (Å²) in [6, 6.07) is 2.23. The van der Waals surface area contributed by atoms with Gasteiger partial charge >= 0.3 is 6.09 Å². The third-order valence-electron chi connectivity index (χ3n) is 2.41. The van der Waals surface area contributed by atoms with Gasteiger partial charge in [0.1, 0.15) is 5.60 Å². The largest absolute Gasteiger partial charge is 0.444 e. The van der Waals surface area contributed by atoms with Crippen LogP contribution in [0.5, 0.6) is 0 Å². The van der Waals surface area contributed by atoms with E-state index in [1.807, 2.05) is 20.8 Å². The van der Waals surface area contributed by atoms with E-state index in [4.69, 9.17) is 10.00 Å². The van der Waals surface area contributed by atoms with E-state index in [0.29, 0.717) is 13.1 Å². The zero-order chi connectivity index (χ0) is 12.2. The van der Waals surface area contributed by atoms with Gasteiger partial charge < -0.3 is 15.4 Å². The number of alkyl carbamates (subject to hydrolysis) is 1. The lowest BCUT2D eigenvalue weighted by atomic mass is 9.98. The van der Waals surface area contributed by atoms with Crippen molar-refractivity contribution in [2.75, 3.05) is 19.6 Å². The number of ether oxygens (including phenoxy) is 1. The number of carbonyl (C=O) groups excluding carboxylic acids is 1. The first-order valence-electron chi connectivity index (χ1n) is 5.49. The minimum Gasteiger partial charge on any atom is -0.444 e. The second-order valence-electron chi connectivity index (χ2n) is 5.04. The van der Waals surface area contributed by atoms with Crippen LogP contribution in [0.4, 0.5) is 4.79 Å². The number of nitrogens with zero attached hydrogens (tertiary/aromatic N) is 1. The normalized spacial score (nSPS) is 24.9. The summed E-state index contributed by atoms with van der Waals surface area (Å²) in [6.45, 7) is 7.43. The van der Waals surface area contributed by atoms with E-state index in [-0.39, 0.29) is 11.8 Å². The molecule has 1 aliphatic rings. The van der Waals surface area contributed by atoms with Crippen LogP contribution in [0.1, 0.15) is 20.8 Å². The van der Waals surface area contributed by atoms with E-state index in [1.54, 1.807) is 0 Å². The van der Waals surface area contributed by atoms with Gasteiger partial charge in [0.05, 0.1) is 12.0 Å². The van der Waals surface area contributed by atoms with Crippen molar-refractivity contribution in [1.29, 1.82) is 5.26 Å². The van der Waals surface area contributed by atoms with Crippen LogP contribution in [-0.2, 0) is 4.74 Å². The molecule has 0 radical (unpaired) electrons. The van der Waals surface area contributed by atoms with Gasteiger partial charge in [-0.25, -0.2) is 4.79 Å². The highest BCUT2D eigenvalue weighted by Crippen LogP contribution is 2.14. The molecule has 0 spiro atoms. The van der Waals surface area contributed by atoms with Crippen LogP contribution in [-0.4, -0.2) is 31.3 Å². The molecule has 5 nitrogen and oxygen atoms in total. The summed E-state index contributed by atoms with van der Waals surface area (Å²) in [5, 5.41) is 14.7. The number of hydrogen-bond donors (Lipinski definition) is 2. The molecule has 0 saturated carbocycles. The zero-order valence-corrected chi connectivity index (χ0v) is 10.0. The third kappa shape index (κ3) is 4.07. The first-order chi connectivity index (χ1) is 7.42. The molecule has 0 aliphatic carbocycles. The Bertz CT molecular complexity index is 291. The maximum absolute atomic E-state index is 11.4. The standard InChI is InChI=1S/C11H19N3O2/c1-11(2,3)16-10(15)14-7-9-6-13-5-8(9)4-12/h8-9,13H,5-7H2,1-3H3,(H,14,15)/t8-,9-/m0/s1. The van der Waals surface area contributed by atoms with Crippen LogP contribution < -0.4 is 10.6 Å².